The molecule has 1 saturated carbocycles. The van der Waals surface area contributed by atoms with Gasteiger partial charge in [-0.1, -0.05) is 36.4 Å². The average molecular weight is 353 g/mol. The van der Waals surface area contributed by atoms with Crippen molar-refractivity contribution in [2.75, 3.05) is 6.61 Å². The summed E-state index contributed by atoms with van der Waals surface area (Å²) in [5.74, 6) is 1.37. The maximum absolute atomic E-state index is 12.0. The van der Waals surface area contributed by atoms with Gasteiger partial charge in [-0.3, -0.25) is 0 Å². The van der Waals surface area contributed by atoms with Crippen LogP contribution in [-0.4, -0.2) is 23.7 Å². The Morgan fingerprint density at radius 2 is 2.00 bits per heavy atom. The lowest BCUT2D eigenvalue weighted by Gasteiger charge is -2.15. The molecular weight excluding hydrogens is 326 g/mol. The Morgan fingerprint density at radius 3 is 2.69 bits per heavy atom. The van der Waals surface area contributed by atoms with Crippen LogP contribution in [-0.2, 0) is 13.0 Å². The van der Waals surface area contributed by atoms with Crippen molar-refractivity contribution in [2.24, 2.45) is 5.92 Å². The fraction of sp³-hybridized carbons (Fsp3) is 0.429. The number of nitrogens with one attached hydrogen (secondary N) is 2. The summed E-state index contributed by atoms with van der Waals surface area (Å²) in [6, 6.07) is 14.1. The van der Waals surface area contributed by atoms with E-state index in [4.69, 9.17) is 4.74 Å². The van der Waals surface area contributed by atoms with Gasteiger partial charge in [-0.05, 0) is 49.7 Å². The van der Waals surface area contributed by atoms with Crippen LogP contribution in [0, 0.1) is 5.92 Å². The molecule has 0 spiro atoms. The fourth-order valence-electron chi connectivity index (χ4n) is 2.65. The van der Waals surface area contributed by atoms with Crippen LogP contribution in [0.25, 0.3) is 0 Å². The SMILES string of the molecule is CC(CCc1ccccc1)NC(=O)NCc1ccc(OCC2CC2)nc1. The van der Waals surface area contributed by atoms with Crippen LogP contribution in [0.2, 0.25) is 0 Å². The van der Waals surface area contributed by atoms with Crippen LogP contribution in [0.4, 0.5) is 4.79 Å². The highest BCUT2D eigenvalue weighted by Crippen LogP contribution is 2.29. The number of rotatable bonds is 9. The molecular formula is C21H27N3O2. The first-order valence-corrected chi connectivity index (χ1v) is 9.35. The van der Waals surface area contributed by atoms with Gasteiger partial charge >= 0.3 is 6.03 Å². The maximum atomic E-state index is 12.0. The van der Waals surface area contributed by atoms with E-state index in [9.17, 15) is 4.79 Å². The summed E-state index contributed by atoms with van der Waals surface area (Å²) in [5.41, 5.74) is 2.24. The minimum absolute atomic E-state index is 0.117. The van der Waals surface area contributed by atoms with E-state index in [0.29, 0.717) is 18.3 Å². The van der Waals surface area contributed by atoms with E-state index >= 15 is 0 Å². The lowest BCUT2D eigenvalue weighted by atomic mass is 10.1. The van der Waals surface area contributed by atoms with Gasteiger partial charge in [0.2, 0.25) is 5.88 Å². The number of nitrogens with zero attached hydrogens (tertiary/aromatic N) is 1. The molecule has 1 aliphatic rings. The van der Waals surface area contributed by atoms with Gasteiger partial charge in [0.05, 0.1) is 6.61 Å². The molecule has 0 bridgehead atoms. The van der Waals surface area contributed by atoms with Crippen LogP contribution >= 0.6 is 0 Å². The first-order valence-electron chi connectivity index (χ1n) is 9.35. The second-order valence-electron chi connectivity index (χ2n) is 7.01. The maximum Gasteiger partial charge on any atom is 0.315 e. The zero-order chi connectivity index (χ0) is 18.2. The van der Waals surface area contributed by atoms with Gasteiger partial charge in [0.1, 0.15) is 0 Å². The molecule has 1 fully saturated rings. The van der Waals surface area contributed by atoms with Crippen molar-refractivity contribution >= 4 is 6.03 Å². The Morgan fingerprint density at radius 1 is 1.19 bits per heavy atom. The van der Waals surface area contributed by atoms with Crippen molar-refractivity contribution < 1.29 is 9.53 Å². The third kappa shape index (κ3) is 6.39. The third-order valence-electron chi connectivity index (χ3n) is 4.50. The number of aromatic nitrogens is 1. The van der Waals surface area contributed by atoms with Gasteiger partial charge in [0.25, 0.3) is 0 Å². The van der Waals surface area contributed by atoms with Crippen LogP contribution in [0.3, 0.4) is 0 Å². The summed E-state index contributed by atoms with van der Waals surface area (Å²) < 4.78 is 5.62. The first-order chi connectivity index (χ1) is 12.7. The average Bonchev–Trinajstić information content (AvgIpc) is 3.49. The topological polar surface area (TPSA) is 63.2 Å². The highest BCUT2D eigenvalue weighted by molar-refractivity contribution is 5.74. The lowest BCUT2D eigenvalue weighted by molar-refractivity contribution is 0.237. The first kappa shape index (κ1) is 18.2. The highest BCUT2D eigenvalue weighted by Gasteiger charge is 2.22. The number of benzene rings is 1. The number of hydrogen-bond donors (Lipinski definition) is 2. The van der Waals surface area contributed by atoms with E-state index in [2.05, 4.69) is 27.8 Å². The molecule has 3 rings (SSSR count). The number of ether oxygens (including phenoxy) is 1. The van der Waals surface area contributed by atoms with Crippen LogP contribution in [0.1, 0.15) is 37.3 Å². The summed E-state index contributed by atoms with van der Waals surface area (Å²) in [4.78, 5) is 16.3. The van der Waals surface area contributed by atoms with Gasteiger partial charge in [0, 0.05) is 24.8 Å². The molecule has 0 saturated heterocycles. The van der Waals surface area contributed by atoms with Crippen LogP contribution in [0.15, 0.2) is 48.7 Å². The van der Waals surface area contributed by atoms with E-state index < -0.39 is 0 Å². The Kier molecular flexibility index (Phi) is 6.47. The molecule has 1 atom stereocenters. The monoisotopic (exact) mass is 353 g/mol. The predicted octanol–water partition coefficient (Wildman–Crippen LogP) is 3.69. The summed E-state index contributed by atoms with van der Waals surface area (Å²) in [6.45, 7) is 3.23. The number of carbonyl (C=O) groups excluding carboxylic acids is 1. The van der Waals surface area contributed by atoms with Gasteiger partial charge in [0.15, 0.2) is 0 Å². The van der Waals surface area contributed by atoms with E-state index in [0.717, 1.165) is 25.0 Å². The fourth-order valence-corrected chi connectivity index (χ4v) is 2.65. The van der Waals surface area contributed by atoms with E-state index in [1.165, 1.54) is 18.4 Å². The standard InChI is InChI=1S/C21H27N3O2/c1-16(7-8-17-5-3-2-4-6-17)24-21(25)23-14-19-11-12-20(22-13-19)26-15-18-9-10-18/h2-6,11-13,16,18H,7-10,14-15H2,1H3,(H2,23,24,25). The zero-order valence-electron chi connectivity index (χ0n) is 15.3. The quantitative estimate of drug-likeness (QED) is 0.723. The van der Waals surface area contributed by atoms with Crippen molar-refractivity contribution in [3.8, 4) is 5.88 Å². The largest absolute Gasteiger partial charge is 0.477 e. The van der Waals surface area contributed by atoms with E-state index in [1.807, 2.05) is 37.3 Å². The number of carbonyl (C=O) groups is 1. The van der Waals surface area contributed by atoms with Crippen molar-refractivity contribution in [3.63, 3.8) is 0 Å². The smallest absolute Gasteiger partial charge is 0.315 e. The molecule has 1 unspecified atom stereocenters. The van der Waals surface area contributed by atoms with Gasteiger partial charge in [-0.2, -0.15) is 0 Å². The zero-order valence-corrected chi connectivity index (χ0v) is 15.3. The van der Waals surface area contributed by atoms with Gasteiger partial charge < -0.3 is 15.4 Å². The number of aryl methyl sites for hydroxylation is 1. The molecule has 2 aromatic rings. The van der Waals surface area contributed by atoms with E-state index in [1.54, 1.807) is 6.20 Å². The predicted molar refractivity (Wildman–Crippen MR) is 102 cm³/mol. The molecule has 0 radical (unpaired) electrons. The molecule has 5 heteroatoms. The molecule has 5 nitrogen and oxygen atoms in total. The number of urea groups is 1. The molecule has 26 heavy (non-hydrogen) atoms. The van der Waals surface area contributed by atoms with Crippen molar-refractivity contribution in [3.05, 3.63) is 59.8 Å². The number of amides is 2. The van der Waals surface area contributed by atoms with Crippen molar-refractivity contribution in [1.82, 2.24) is 15.6 Å². The second kappa shape index (κ2) is 9.22. The van der Waals surface area contributed by atoms with Crippen LogP contribution < -0.4 is 15.4 Å². The minimum atomic E-state index is -0.153. The molecule has 1 aromatic heterocycles. The third-order valence-corrected chi connectivity index (χ3v) is 4.50. The lowest BCUT2D eigenvalue weighted by Crippen LogP contribution is -2.40. The molecule has 1 aliphatic carbocycles. The Bertz CT molecular complexity index is 684. The molecule has 2 N–H and O–H groups in total. The number of hydrogen-bond acceptors (Lipinski definition) is 3. The van der Waals surface area contributed by atoms with Gasteiger partial charge in [-0.25, -0.2) is 9.78 Å². The molecule has 1 heterocycles. The van der Waals surface area contributed by atoms with Crippen LogP contribution in [0.5, 0.6) is 5.88 Å². The Balaban J connectivity index is 1.33. The molecule has 138 valence electrons. The molecule has 1 aromatic carbocycles. The second-order valence-corrected chi connectivity index (χ2v) is 7.01. The molecule has 2 amide bonds. The normalized spacial score (nSPS) is 14.5. The summed E-state index contributed by atoms with van der Waals surface area (Å²) >= 11 is 0. The van der Waals surface area contributed by atoms with Crippen molar-refractivity contribution in [2.45, 2.75) is 45.2 Å². The summed E-state index contributed by atoms with van der Waals surface area (Å²) in [5, 5.41) is 5.85. The summed E-state index contributed by atoms with van der Waals surface area (Å²) in [6.07, 6.45) is 6.14. The van der Waals surface area contributed by atoms with Gasteiger partial charge in [-0.15, -0.1) is 0 Å². The summed E-state index contributed by atoms with van der Waals surface area (Å²) in [7, 11) is 0. The Hall–Kier alpha value is -2.56. The number of pyridine rings is 1. The minimum Gasteiger partial charge on any atom is -0.477 e. The highest BCUT2D eigenvalue weighted by atomic mass is 16.5. The molecule has 0 aliphatic heterocycles. The van der Waals surface area contributed by atoms with Crippen molar-refractivity contribution in [1.29, 1.82) is 0 Å². The van der Waals surface area contributed by atoms with E-state index in [-0.39, 0.29) is 12.1 Å². The Labute approximate surface area is 155 Å².